The Morgan fingerprint density at radius 1 is 0.971 bits per heavy atom. The topological polar surface area (TPSA) is 75.5 Å². The minimum atomic E-state index is 0.388. The van der Waals surface area contributed by atoms with E-state index in [-0.39, 0.29) is 0 Å². The third-order valence-corrected chi connectivity index (χ3v) is 6.14. The highest BCUT2D eigenvalue weighted by molar-refractivity contribution is 6.01. The first-order valence-corrected chi connectivity index (χ1v) is 11.9. The summed E-state index contributed by atoms with van der Waals surface area (Å²) in [6, 6.07) is 21.3. The molecule has 2 aromatic carbocycles. The number of anilines is 1. The second-order valence-corrected chi connectivity index (χ2v) is 8.95. The van der Waals surface area contributed by atoms with Gasteiger partial charge >= 0.3 is 0 Å². The van der Waals surface area contributed by atoms with Crippen LogP contribution in [0.2, 0.25) is 0 Å². The Hall–Kier alpha value is -3.58. The molecule has 1 aliphatic heterocycles. The molecule has 1 aliphatic rings. The van der Waals surface area contributed by atoms with Crippen LogP contribution < -0.4 is 5.32 Å². The van der Waals surface area contributed by atoms with E-state index in [0.29, 0.717) is 18.8 Å². The minimum Gasteiger partial charge on any atom is -0.359 e. The van der Waals surface area contributed by atoms with Gasteiger partial charge in [-0.2, -0.15) is 5.06 Å². The fraction of sp³-hybridized carbons (Fsp3) is 0.241. The van der Waals surface area contributed by atoms with Crippen LogP contribution in [-0.4, -0.2) is 52.0 Å². The van der Waals surface area contributed by atoms with E-state index in [2.05, 4.69) is 82.4 Å². The maximum Gasteiger partial charge on any atom is 0.0551 e. The van der Waals surface area contributed by atoms with Crippen molar-refractivity contribution in [2.24, 2.45) is 0 Å². The summed E-state index contributed by atoms with van der Waals surface area (Å²) in [6.45, 7) is 9.46. The van der Waals surface area contributed by atoms with E-state index in [1.165, 1.54) is 22.3 Å². The van der Waals surface area contributed by atoms with Crippen LogP contribution in [-0.2, 0) is 13.0 Å². The van der Waals surface area contributed by atoms with E-state index >= 15 is 0 Å². The number of aromatic nitrogens is 1. The van der Waals surface area contributed by atoms with Crippen molar-refractivity contribution in [3.63, 3.8) is 0 Å². The van der Waals surface area contributed by atoms with Crippen LogP contribution in [0.4, 0.5) is 5.69 Å². The molecule has 0 spiro atoms. The molecule has 3 aromatic rings. The number of allylic oxidation sites excluding steroid dienone is 3. The lowest BCUT2D eigenvalue weighted by atomic mass is 10.0. The summed E-state index contributed by atoms with van der Waals surface area (Å²) in [7, 11) is 0. The maximum atomic E-state index is 9.51. The summed E-state index contributed by atoms with van der Waals surface area (Å²) in [5.41, 5.74) is 8.14. The minimum absolute atomic E-state index is 0.388. The first-order chi connectivity index (χ1) is 17.0. The van der Waals surface area contributed by atoms with Crippen molar-refractivity contribution < 1.29 is 5.21 Å². The SMILES string of the molecule is C=CC(=N)/C=C(/C)Nc1ccc(Cc2ccc(-c3ccc(CN4CCN(O)CC4)nc3)cc2)cc1. The van der Waals surface area contributed by atoms with Gasteiger partial charge in [0.1, 0.15) is 0 Å². The molecule has 6 nitrogen and oxygen atoms in total. The maximum absolute atomic E-state index is 9.51. The summed E-state index contributed by atoms with van der Waals surface area (Å²) in [5.74, 6) is 0. The Kier molecular flexibility index (Phi) is 8.21. The van der Waals surface area contributed by atoms with Crippen LogP contribution in [0.5, 0.6) is 0 Å². The number of piperazine rings is 1. The first-order valence-electron chi connectivity index (χ1n) is 11.9. The van der Waals surface area contributed by atoms with Gasteiger partial charge in [-0.1, -0.05) is 49.0 Å². The molecule has 2 heterocycles. The molecule has 1 aromatic heterocycles. The van der Waals surface area contributed by atoms with Crippen LogP contribution in [0.3, 0.4) is 0 Å². The van der Waals surface area contributed by atoms with Gasteiger partial charge in [0.05, 0.1) is 11.4 Å². The van der Waals surface area contributed by atoms with Gasteiger partial charge in [0.25, 0.3) is 0 Å². The molecule has 3 N–H and O–H groups in total. The number of benzene rings is 2. The van der Waals surface area contributed by atoms with E-state index in [9.17, 15) is 5.21 Å². The third-order valence-electron chi connectivity index (χ3n) is 6.14. The van der Waals surface area contributed by atoms with E-state index in [0.717, 1.165) is 54.3 Å². The average molecular weight is 468 g/mol. The Morgan fingerprint density at radius 2 is 1.60 bits per heavy atom. The number of nitrogens with zero attached hydrogens (tertiary/aromatic N) is 3. The summed E-state index contributed by atoms with van der Waals surface area (Å²) in [5, 5.41) is 21.9. The number of hydroxylamine groups is 2. The molecule has 0 bridgehead atoms. The predicted octanol–water partition coefficient (Wildman–Crippen LogP) is 5.37. The molecule has 0 amide bonds. The zero-order valence-electron chi connectivity index (χ0n) is 20.2. The van der Waals surface area contributed by atoms with Crippen LogP contribution in [0.1, 0.15) is 23.7 Å². The summed E-state index contributed by atoms with van der Waals surface area (Å²) in [6.07, 6.45) is 6.10. The lowest BCUT2D eigenvalue weighted by molar-refractivity contribution is -0.118. The number of rotatable bonds is 9. The van der Waals surface area contributed by atoms with E-state index in [1.54, 1.807) is 6.08 Å². The molecule has 0 unspecified atom stereocenters. The zero-order valence-corrected chi connectivity index (χ0v) is 20.2. The third kappa shape index (κ3) is 7.20. The van der Waals surface area contributed by atoms with E-state index in [4.69, 9.17) is 5.41 Å². The lowest BCUT2D eigenvalue weighted by Gasteiger charge is -2.30. The Bertz CT molecular complexity index is 1160. The number of pyridine rings is 1. The molecule has 0 atom stereocenters. The standard InChI is InChI=1S/C29H33N5O/c1-3-27(30)18-22(2)32-28-11-6-24(7-12-28)19-23-4-8-25(9-5-23)26-10-13-29(31-20-26)21-33-14-16-34(35)17-15-33/h3-13,18,20,30,32,35H,1,14-17,19,21H2,2H3/b22-18-,30-27?. The van der Waals surface area contributed by atoms with Crippen LogP contribution in [0, 0.1) is 5.41 Å². The van der Waals surface area contributed by atoms with Crippen molar-refractivity contribution in [2.75, 3.05) is 31.5 Å². The Labute approximate surface area is 207 Å². The summed E-state index contributed by atoms with van der Waals surface area (Å²) >= 11 is 0. The molecule has 180 valence electrons. The largest absolute Gasteiger partial charge is 0.359 e. The van der Waals surface area contributed by atoms with Gasteiger partial charge in [0.15, 0.2) is 0 Å². The highest BCUT2D eigenvalue weighted by Gasteiger charge is 2.15. The van der Waals surface area contributed by atoms with Crippen molar-refractivity contribution in [1.29, 1.82) is 5.41 Å². The second kappa shape index (κ2) is 11.7. The van der Waals surface area contributed by atoms with Crippen LogP contribution >= 0.6 is 0 Å². The van der Waals surface area contributed by atoms with Gasteiger partial charge in [0, 0.05) is 55.9 Å². The van der Waals surface area contributed by atoms with Gasteiger partial charge in [0.2, 0.25) is 0 Å². The second-order valence-electron chi connectivity index (χ2n) is 8.95. The Morgan fingerprint density at radius 3 is 2.20 bits per heavy atom. The highest BCUT2D eigenvalue weighted by Crippen LogP contribution is 2.21. The van der Waals surface area contributed by atoms with E-state index in [1.807, 2.05) is 13.1 Å². The normalized spacial score (nSPS) is 15.1. The molecule has 4 rings (SSSR count). The van der Waals surface area contributed by atoms with E-state index < -0.39 is 0 Å². The van der Waals surface area contributed by atoms with Gasteiger partial charge in [-0.25, -0.2) is 0 Å². The molecule has 0 saturated carbocycles. The van der Waals surface area contributed by atoms with Gasteiger partial charge in [-0.3, -0.25) is 9.88 Å². The molecule has 1 fully saturated rings. The average Bonchev–Trinajstić information content (AvgIpc) is 2.87. The van der Waals surface area contributed by atoms with Crippen molar-refractivity contribution >= 4 is 11.4 Å². The predicted molar refractivity (Wildman–Crippen MR) is 143 cm³/mol. The molecule has 0 radical (unpaired) electrons. The zero-order chi connectivity index (χ0) is 24.6. The quantitative estimate of drug-likeness (QED) is 0.369. The molecule has 6 heteroatoms. The lowest BCUT2D eigenvalue weighted by Crippen LogP contribution is -2.44. The van der Waals surface area contributed by atoms with Crippen molar-refractivity contribution in [1.82, 2.24) is 14.9 Å². The van der Waals surface area contributed by atoms with Crippen LogP contribution in [0.15, 0.2) is 91.3 Å². The summed E-state index contributed by atoms with van der Waals surface area (Å²) < 4.78 is 0. The van der Waals surface area contributed by atoms with Crippen LogP contribution in [0.25, 0.3) is 11.1 Å². The van der Waals surface area contributed by atoms with Gasteiger partial charge < -0.3 is 15.9 Å². The van der Waals surface area contributed by atoms with Crippen molar-refractivity contribution in [3.8, 4) is 11.1 Å². The van der Waals surface area contributed by atoms with Gasteiger partial charge in [-0.15, -0.1) is 0 Å². The smallest absolute Gasteiger partial charge is 0.0551 e. The van der Waals surface area contributed by atoms with Crippen molar-refractivity contribution in [3.05, 3.63) is 108 Å². The number of nitrogens with one attached hydrogen (secondary N) is 2. The first kappa shape index (κ1) is 24.5. The molecule has 1 saturated heterocycles. The van der Waals surface area contributed by atoms with Crippen molar-refractivity contribution in [2.45, 2.75) is 19.9 Å². The summed E-state index contributed by atoms with van der Waals surface area (Å²) in [4.78, 5) is 6.98. The Balaban J connectivity index is 1.32. The fourth-order valence-electron chi connectivity index (χ4n) is 4.13. The number of hydrogen-bond donors (Lipinski definition) is 3. The molecular formula is C29H33N5O. The molecule has 35 heavy (non-hydrogen) atoms. The monoisotopic (exact) mass is 467 g/mol. The number of hydrogen-bond acceptors (Lipinski definition) is 6. The fourth-order valence-corrected chi connectivity index (χ4v) is 4.13. The molecule has 0 aliphatic carbocycles. The van der Waals surface area contributed by atoms with Gasteiger partial charge in [-0.05, 0) is 60.4 Å². The highest BCUT2D eigenvalue weighted by atomic mass is 16.5. The molecular weight excluding hydrogens is 434 g/mol.